The van der Waals surface area contributed by atoms with Gasteiger partial charge < -0.3 is 5.73 Å². The molecule has 0 aliphatic carbocycles. The molecule has 2 rings (SSSR count). The first kappa shape index (κ1) is 11.2. The van der Waals surface area contributed by atoms with Gasteiger partial charge in [-0.15, -0.1) is 11.8 Å². The molecular weight excluding hydrogens is 218 g/mol. The molecule has 4 heteroatoms. The second kappa shape index (κ2) is 4.70. The van der Waals surface area contributed by atoms with Gasteiger partial charge in [-0.2, -0.15) is 0 Å². The van der Waals surface area contributed by atoms with E-state index in [1.165, 1.54) is 0 Å². The molecule has 84 valence electrons. The van der Waals surface area contributed by atoms with Gasteiger partial charge in [-0.05, 0) is 18.1 Å². The Morgan fingerprint density at radius 1 is 1.19 bits per heavy atom. The van der Waals surface area contributed by atoms with Gasteiger partial charge in [-0.1, -0.05) is 26.0 Å². The summed E-state index contributed by atoms with van der Waals surface area (Å²) in [6, 6.07) is 7.79. The summed E-state index contributed by atoms with van der Waals surface area (Å²) in [5.74, 6) is 2.17. The second-order valence-electron chi connectivity index (χ2n) is 4.11. The fourth-order valence-electron chi connectivity index (χ4n) is 1.35. The molecule has 0 amide bonds. The summed E-state index contributed by atoms with van der Waals surface area (Å²) in [4.78, 5) is 8.87. The van der Waals surface area contributed by atoms with E-state index in [0.717, 1.165) is 21.8 Å². The van der Waals surface area contributed by atoms with E-state index in [1.54, 1.807) is 11.8 Å². The number of anilines is 1. The summed E-state index contributed by atoms with van der Waals surface area (Å²) in [5, 5.41) is 0.840. The quantitative estimate of drug-likeness (QED) is 0.828. The van der Waals surface area contributed by atoms with Crippen LogP contribution < -0.4 is 5.73 Å². The molecule has 0 bridgehead atoms. The van der Waals surface area contributed by atoms with Crippen molar-refractivity contribution < 1.29 is 0 Å². The van der Waals surface area contributed by atoms with Crippen LogP contribution in [0.2, 0.25) is 0 Å². The van der Waals surface area contributed by atoms with E-state index in [2.05, 4.69) is 23.8 Å². The molecule has 16 heavy (non-hydrogen) atoms. The summed E-state index contributed by atoms with van der Waals surface area (Å²) in [7, 11) is 0. The third-order valence-electron chi connectivity index (χ3n) is 2.12. The summed E-state index contributed by atoms with van der Waals surface area (Å²) in [5.41, 5.74) is 7.64. The largest absolute Gasteiger partial charge is 0.381 e. The maximum absolute atomic E-state index is 5.88. The number of nitrogen functional groups attached to an aromatic ring is 1. The Morgan fingerprint density at radius 2 is 1.81 bits per heavy atom. The molecule has 1 heterocycles. The standard InChI is InChI=1S/C12H15N3S/c1-8(2)7-16-12-11(13)14-9-5-3-4-6-10(9)15-12/h3-6,8H,7H2,1-2H3,(H2,13,14). The highest BCUT2D eigenvalue weighted by atomic mass is 32.2. The molecule has 1 aromatic heterocycles. The molecular formula is C12H15N3S. The number of benzene rings is 1. The van der Waals surface area contributed by atoms with Gasteiger partial charge in [0.15, 0.2) is 5.82 Å². The number of para-hydroxylation sites is 2. The minimum absolute atomic E-state index is 0.532. The Balaban J connectivity index is 2.34. The number of nitrogens with two attached hydrogens (primary N) is 1. The van der Waals surface area contributed by atoms with Crippen LogP contribution in [-0.2, 0) is 0 Å². The molecule has 2 aromatic rings. The number of aromatic nitrogens is 2. The third-order valence-corrected chi connectivity index (χ3v) is 3.52. The van der Waals surface area contributed by atoms with Gasteiger partial charge in [0.25, 0.3) is 0 Å². The molecule has 0 saturated heterocycles. The molecule has 0 fully saturated rings. The van der Waals surface area contributed by atoms with Crippen molar-refractivity contribution in [2.75, 3.05) is 11.5 Å². The van der Waals surface area contributed by atoms with Crippen LogP contribution in [0.1, 0.15) is 13.8 Å². The van der Waals surface area contributed by atoms with E-state index in [9.17, 15) is 0 Å². The molecule has 1 aromatic carbocycles. The van der Waals surface area contributed by atoms with Gasteiger partial charge in [-0.25, -0.2) is 9.97 Å². The van der Waals surface area contributed by atoms with E-state index in [4.69, 9.17) is 5.73 Å². The SMILES string of the molecule is CC(C)CSc1nc2ccccc2nc1N. The van der Waals surface area contributed by atoms with Crippen molar-refractivity contribution in [1.82, 2.24) is 9.97 Å². The van der Waals surface area contributed by atoms with Gasteiger partial charge in [-0.3, -0.25) is 0 Å². The number of rotatable bonds is 3. The van der Waals surface area contributed by atoms with Crippen LogP contribution in [-0.4, -0.2) is 15.7 Å². The Hall–Kier alpha value is -1.29. The zero-order valence-corrected chi connectivity index (χ0v) is 10.3. The van der Waals surface area contributed by atoms with E-state index in [-0.39, 0.29) is 0 Å². The van der Waals surface area contributed by atoms with Crippen LogP contribution in [0.15, 0.2) is 29.3 Å². The van der Waals surface area contributed by atoms with Crippen LogP contribution >= 0.6 is 11.8 Å². The van der Waals surface area contributed by atoms with Crippen molar-refractivity contribution in [3.63, 3.8) is 0 Å². The molecule has 0 radical (unpaired) electrons. The summed E-state index contributed by atoms with van der Waals surface area (Å²) in [6.07, 6.45) is 0. The lowest BCUT2D eigenvalue weighted by molar-refractivity contribution is 0.749. The zero-order valence-electron chi connectivity index (χ0n) is 9.47. The third kappa shape index (κ3) is 2.44. The molecule has 0 unspecified atom stereocenters. The van der Waals surface area contributed by atoms with E-state index < -0.39 is 0 Å². The Labute approximate surface area is 99.5 Å². The lowest BCUT2D eigenvalue weighted by Gasteiger charge is -2.07. The molecule has 0 saturated carbocycles. The minimum Gasteiger partial charge on any atom is -0.381 e. The van der Waals surface area contributed by atoms with Gasteiger partial charge in [0, 0.05) is 5.75 Å². The number of nitrogens with zero attached hydrogens (tertiary/aromatic N) is 2. The van der Waals surface area contributed by atoms with Gasteiger partial charge in [0.05, 0.1) is 11.0 Å². The van der Waals surface area contributed by atoms with Gasteiger partial charge >= 0.3 is 0 Å². The average Bonchev–Trinajstić information content (AvgIpc) is 2.26. The number of thioether (sulfide) groups is 1. The number of hydrogen-bond acceptors (Lipinski definition) is 4. The molecule has 0 aliphatic rings. The van der Waals surface area contributed by atoms with Crippen LogP contribution in [0, 0.1) is 5.92 Å². The van der Waals surface area contributed by atoms with Crippen molar-refractivity contribution in [3.05, 3.63) is 24.3 Å². The highest BCUT2D eigenvalue weighted by Crippen LogP contribution is 2.25. The van der Waals surface area contributed by atoms with E-state index in [0.29, 0.717) is 11.7 Å². The Morgan fingerprint density at radius 3 is 2.44 bits per heavy atom. The minimum atomic E-state index is 0.532. The highest BCUT2D eigenvalue weighted by Gasteiger charge is 2.06. The predicted octanol–water partition coefficient (Wildman–Crippen LogP) is 2.96. The molecule has 0 aliphatic heterocycles. The van der Waals surface area contributed by atoms with Crippen molar-refractivity contribution in [2.45, 2.75) is 18.9 Å². The highest BCUT2D eigenvalue weighted by molar-refractivity contribution is 7.99. The van der Waals surface area contributed by atoms with E-state index >= 15 is 0 Å². The first-order chi connectivity index (χ1) is 7.66. The molecule has 3 nitrogen and oxygen atoms in total. The van der Waals surface area contributed by atoms with Crippen LogP contribution in [0.4, 0.5) is 5.82 Å². The molecule has 0 atom stereocenters. The fourth-order valence-corrected chi connectivity index (χ4v) is 2.20. The monoisotopic (exact) mass is 233 g/mol. The predicted molar refractivity (Wildman–Crippen MR) is 69.5 cm³/mol. The van der Waals surface area contributed by atoms with Crippen molar-refractivity contribution in [2.24, 2.45) is 5.92 Å². The van der Waals surface area contributed by atoms with Crippen molar-refractivity contribution in [3.8, 4) is 0 Å². The first-order valence-electron chi connectivity index (χ1n) is 5.32. The molecule has 2 N–H and O–H groups in total. The fraction of sp³-hybridized carbons (Fsp3) is 0.333. The summed E-state index contributed by atoms with van der Waals surface area (Å²) < 4.78 is 0. The zero-order chi connectivity index (χ0) is 11.5. The lowest BCUT2D eigenvalue weighted by atomic mass is 10.3. The summed E-state index contributed by atoms with van der Waals surface area (Å²) in [6.45, 7) is 4.36. The second-order valence-corrected chi connectivity index (χ2v) is 5.12. The smallest absolute Gasteiger partial charge is 0.156 e. The van der Waals surface area contributed by atoms with Crippen LogP contribution in [0.25, 0.3) is 11.0 Å². The topological polar surface area (TPSA) is 51.8 Å². The van der Waals surface area contributed by atoms with Crippen molar-refractivity contribution >= 4 is 28.6 Å². The Bertz CT molecular complexity index is 497. The normalized spacial score (nSPS) is 11.2. The van der Waals surface area contributed by atoms with Gasteiger partial charge in [0.2, 0.25) is 0 Å². The first-order valence-corrected chi connectivity index (χ1v) is 6.30. The average molecular weight is 233 g/mol. The van der Waals surface area contributed by atoms with Crippen LogP contribution in [0.3, 0.4) is 0 Å². The van der Waals surface area contributed by atoms with E-state index in [1.807, 2.05) is 24.3 Å². The van der Waals surface area contributed by atoms with Crippen LogP contribution in [0.5, 0.6) is 0 Å². The molecule has 0 spiro atoms. The maximum Gasteiger partial charge on any atom is 0.156 e. The Kier molecular flexibility index (Phi) is 3.29. The summed E-state index contributed by atoms with van der Waals surface area (Å²) >= 11 is 1.67. The van der Waals surface area contributed by atoms with Crippen molar-refractivity contribution in [1.29, 1.82) is 0 Å². The number of fused-ring (bicyclic) bond motifs is 1. The van der Waals surface area contributed by atoms with Gasteiger partial charge in [0.1, 0.15) is 5.03 Å². The number of hydrogen-bond donors (Lipinski definition) is 1. The maximum atomic E-state index is 5.88. The lowest BCUT2D eigenvalue weighted by Crippen LogP contribution is -1.99.